The van der Waals surface area contributed by atoms with Gasteiger partial charge in [0.25, 0.3) is 5.56 Å². The Kier molecular flexibility index (Phi) is 7.39. The number of carbonyl (C=O) groups excluding carboxylic acids is 1. The largest absolute Gasteiger partial charge is 0.497 e. The van der Waals surface area contributed by atoms with Gasteiger partial charge < -0.3 is 24.8 Å². The highest BCUT2D eigenvalue weighted by atomic mass is 19.1. The lowest BCUT2D eigenvalue weighted by atomic mass is 10.1. The minimum Gasteiger partial charge on any atom is -0.497 e. The molecule has 0 spiro atoms. The molecule has 3 aromatic carbocycles. The standard InChI is InChI=1S/C27H26FN3O5/c1-34-22-9-10-23-17(13-22)12-18(15-29-21-8-11-24(35-2)25(14-21)36-3)27(33)31(23)16-26(32)30-20-6-4-19(28)5-7-20/h4-14,29H,15-16H2,1-3H3,(H,30,32). The molecule has 4 aromatic rings. The highest BCUT2D eigenvalue weighted by Gasteiger charge is 2.14. The number of benzene rings is 3. The van der Waals surface area contributed by atoms with E-state index < -0.39 is 11.7 Å². The Morgan fingerprint density at radius 3 is 2.28 bits per heavy atom. The maximum absolute atomic E-state index is 13.4. The zero-order valence-corrected chi connectivity index (χ0v) is 20.1. The van der Waals surface area contributed by atoms with Crippen LogP contribution in [-0.4, -0.2) is 31.8 Å². The molecule has 0 bridgehead atoms. The minimum atomic E-state index is -0.411. The van der Waals surface area contributed by atoms with Gasteiger partial charge in [-0.15, -0.1) is 0 Å². The van der Waals surface area contributed by atoms with Crippen LogP contribution in [0.1, 0.15) is 5.56 Å². The van der Waals surface area contributed by atoms with E-state index in [9.17, 15) is 14.0 Å². The van der Waals surface area contributed by atoms with E-state index in [1.165, 1.54) is 28.8 Å². The predicted octanol–water partition coefficient (Wildman–Crippen LogP) is 4.42. The second-order valence-electron chi connectivity index (χ2n) is 7.96. The van der Waals surface area contributed by atoms with Crippen molar-refractivity contribution in [3.63, 3.8) is 0 Å². The Labute approximate surface area is 207 Å². The number of hydrogen-bond donors (Lipinski definition) is 2. The van der Waals surface area contributed by atoms with Gasteiger partial charge in [0.2, 0.25) is 5.91 Å². The monoisotopic (exact) mass is 491 g/mol. The summed E-state index contributed by atoms with van der Waals surface area (Å²) in [5, 5.41) is 6.68. The van der Waals surface area contributed by atoms with E-state index in [0.29, 0.717) is 34.0 Å². The maximum atomic E-state index is 13.4. The zero-order valence-electron chi connectivity index (χ0n) is 20.1. The van der Waals surface area contributed by atoms with Crippen LogP contribution in [0.3, 0.4) is 0 Å². The molecule has 1 amide bonds. The third kappa shape index (κ3) is 5.41. The van der Waals surface area contributed by atoms with Crippen LogP contribution < -0.4 is 30.4 Å². The van der Waals surface area contributed by atoms with Crippen molar-refractivity contribution < 1.29 is 23.4 Å². The number of anilines is 2. The summed E-state index contributed by atoms with van der Waals surface area (Å²) in [5.74, 6) is 0.961. The van der Waals surface area contributed by atoms with Gasteiger partial charge in [-0.2, -0.15) is 0 Å². The summed E-state index contributed by atoms with van der Waals surface area (Å²) in [6.07, 6.45) is 0. The van der Waals surface area contributed by atoms with Gasteiger partial charge in [0, 0.05) is 34.9 Å². The quantitative estimate of drug-likeness (QED) is 0.360. The molecule has 8 nitrogen and oxygen atoms in total. The van der Waals surface area contributed by atoms with E-state index in [1.54, 1.807) is 51.7 Å². The molecule has 0 radical (unpaired) electrons. The molecule has 2 N–H and O–H groups in total. The van der Waals surface area contributed by atoms with Crippen LogP contribution in [0.4, 0.5) is 15.8 Å². The van der Waals surface area contributed by atoms with Crippen molar-refractivity contribution in [1.82, 2.24) is 4.57 Å². The normalized spacial score (nSPS) is 10.7. The second-order valence-corrected chi connectivity index (χ2v) is 7.96. The number of ether oxygens (including phenoxy) is 3. The van der Waals surface area contributed by atoms with Crippen LogP contribution in [-0.2, 0) is 17.9 Å². The lowest BCUT2D eigenvalue weighted by Crippen LogP contribution is -2.30. The molecule has 36 heavy (non-hydrogen) atoms. The fraction of sp³-hybridized carbons (Fsp3) is 0.185. The van der Waals surface area contributed by atoms with Crippen LogP contribution in [0, 0.1) is 5.82 Å². The lowest BCUT2D eigenvalue weighted by Gasteiger charge is -2.15. The molecule has 0 aliphatic heterocycles. The summed E-state index contributed by atoms with van der Waals surface area (Å²) in [6.45, 7) is -0.00964. The molecule has 0 fully saturated rings. The second kappa shape index (κ2) is 10.8. The van der Waals surface area contributed by atoms with Crippen LogP contribution in [0.25, 0.3) is 10.9 Å². The Morgan fingerprint density at radius 2 is 1.58 bits per heavy atom. The first-order valence-corrected chi connectivity index (χ1v) is 11.1. The molecule has 186 valence electrons. The first kappa shape index (κ1) is 24.6. The van der Waals surface area contributed by atoms with Crippen molar-refractivity contribution in [2.24, 2.45) is 0 Å². The number of aromatic nitrogens is 1. The number of nitrogens with one attached hydrogen (secondary N) is 2. The van der Waals surface area contributed by atoms with Gasteiger partial charge in [0.1, 0.15) is 18.1 Å². The molecule has 0 aliphatic rings. The zero-order chi connectivity index (χ0) is 25.7. The number of nitrogens with zero attached hydrogens (tertiary/aromatic N) is 1. The fourth-order valence-electron chi connectivity index (χ4n) is 3.86. The SMILES string of the molecule is COc1ccc2c(c1)cc(CNc1ccc(OC)c(OC)c1)c(=O)n2CC(=O)Nc1ccc(F)cc1. The van der Waals surface area contributed by atoms with Gasteiger partial charge in [-0.1, -0.05) is 0 Å². The summed E-state index contributed by atoms with van der Waals surface area (Å²) >= 11 is 0. The molecule has 9 heteroatoms. The lowest BCUT2D eigenvalue weighted by molar-refractivity contribution is -0.116. The van der Waals surface area contributed by atoms with Gasteiger partial charge in [-0.25, -0.2) is 4.39 Å². The van der Waals surface area contributed by atoms with Gasteiger partial charge in [0.15, 0.2) is 11.5 Å². The smallest absolute Gasteiger partial charge is 0.256 e. The molecule has 1 heterocycles. The van der Waals surface area contributed by atoms with E-state index in [-0.39, 0.29) is 18.6 Å². The van der Waals surface area contributed by atoms with E-state index in [1.807, 2.05) is 12.1 Å². The number of pyridine rings is 1. The number of fused-ring (bicyclic) bond motifs is 1. The number of carbonyl (C=O) groups is 1. The van der Waals surface area contributed by atoms with E-state index in [2.05, 4.69) is 10.6 Å². The first-order chi connectivity index (χ1) is 17.4. The first-order valence-electron chi connectivity index (χ1n) is 11.1. The third-order valence-electron chi connectivity index (χ3n) is 5.67. The predicted molar refractivity (Wildman–Crippen MR) is 137 cm³/mol. The summed E-state index contributed by atoms with van der Waals surface area (Å²) < 4.78 is 30.6. The van der Waals surface area contributed by atoms with Gasteiger partial charge in [0.05, 0.1) is 26.8 Å². The fourth-order valence-corrected chi connectivity index (χ4v) is 3.86. The molecule has 1 aromatic heterocycles. The molecule has 0 saturated carbocycles. The van der Waals surface area contributed by atoms with Crippen molar-refractivity contribution in [1.29, 1.82) is 0 Å². The van der Waals surface area contributed by atoms with Gasteiger partial charge in [-0.05, 0) is 60.7 Å². The summed E-state index contributed by atoms with van der Waals surface area (Å²) in [6, 6.07) is 17.9. The van der Waals surface area contributed by atoms with Crippen LogP contribution in [0.2, 0.25) is 0 Å². The highest BCUT2D eigenvalue weighted by molar-refractivity contribution is 5.92. The summed E-state index contributed by atoms with van der Waals surface area (Å²) in [4.78, 5) is 26.2. The number of amides is 1. The topological polar surface area (TPSA) is 90.8 Å². The van der Waals surface area contributed by atoms with Crippen molar-refractivity contribution in [2.45, 2.75) is 13.1 Å². The Hall–Kier alpha value is -4.53. The van der Waals surface area contributed by atoms with Gasteiger partial charge in [-0.3, -0.25) is 14.2 Å². The summed E-state index contributed by atoms with van der Waals surface area (Å²) in [7, 11) is 4.67. The van der Waals surface area contributed by atoms with Crippen molar-refractivity contribution in [3.05, 3.63) is 88.5 Å². The maximum Gasteiger partial charge on any atom is 0.256 e. The van der Waals surface area contributed by atoms with Crippen molar-refractivity contribution in [3.8, 4) is 17.2 Å². The molecular weight excluding hydrogens is 465 g/mol. The van der Waals surface area contributed by atoms with E-state index in [0.717, 1.165) is 11.1 Å². The molecule has 0 aliphatic carbocycles. The van der Waals surface area contributed by atoms with Crippen LogP contribution >= 0.6 is 0 Å². The molecule has 0 unspecified atom stereocenters. The molecule has 0 saturated heterocycles. The van der Waals surface area contributed by atoms with E-state index >= 15 is 0 Å². The number of hydrogen-bond acceptors (Lipinski definition) is 6. The van der Waals surface area contributed by atoms with Crippen LogP contribution in [0.5, 0.6) is 17.2 Å². The highest BCUT2D eigenvalue weighted by Crippen LogP contribution is 2.30. The number of rotatable bonds is 9. The Balaban J connectivity index is 1.65. The minimum absolute atomic E-state index is 0.209. The molecule has 0 atom stereocenters. The van der Waals surface area contributed by atoms with Crippen LogP contribution in [0.15, 0.2) is 71.5 Å². The number of methoxy groups -OCH3 is 3. The van der Waals surface area contributed by atoms with Gasteiger partial charge >= 0.3 is 0 Å². The Morgan fingerprint density at radius 1 is 0.861 bits per heavy atom. The molecular formula is C27H26FN3O5. The Bertz CT molecular complexity index is 1450. The average Bonchev–Trinajstić information content (AvgIpc) is 2.90. The molecule has 4 rings (SSSR count). The summed E-state index contributed by atoms with van der Waals surface area (Å²) in [5.41, 5.74) is 1.91. The van der Waals surface area contributed by atoms with E-state index in [4.69, 9.17) is 14.2 Å². The average molecular weight is 492 g/mol. The van der Waals surface area contributed by atoms with Crippen molar-refractivity contribution in [2.75, 3.05) is 32.0 Å². The third-order valence-corrected chi connectivity index (χ3v) is 5.67. The van der Waals surface area contributed by atoms with Crippen molar-refractivity contribution >= 4 is 28.2 Å². The number of halogens is 1.